The van der Waals surface area contributed by atoms with Gasteiger partial charge in [-0.25, -0.2) is 0 Å². The summed E-state index contributed by atoms with van der Waals surface area (Å²) in [5.74, 6) is 1.41. The second-order valence-electron chi connectivity index (χ2n) is 6.01. The molecule has 0 amide bonds. The van der Waals surface area contributed by atoms with E-state index in [0.29, 0.717) is 24.5 Å². The van der Waals surface area contributed by atoms with Crippen molar-refractivity contribution in [2.24, 2.45) is 17.6 Å². The van der Waals surface area contributed by atoms with Crippen molar-refractivity contribution in [3.8, 4) is 0 Å². The van der Waals surface area contributed by atoms with Crippen molar-refractivity contribution in [3.05, 3.63) is 0 Å². The second-order valence-corrected chi connectivity index (χ2v) is 6.01. The van der Waals surface area contributed by atoms with Gasteiger partial charge in [-0.15, -0.1) is 0 Å². The van der Waals surface area contributed by atoms with Crippen LogP contribution in [0.4, 0.5) is 0 Å². The standard InChI is InChI=1S/C14H31N3O/c1-12(2)9-16-14-8-13(4-3-7-18)10-17(11-14)6-5-15/h12-14,16,18H,3-11,15H2,1-2H3. The predicted octanol–water partition coefficient (Wildman–Crippen LogP) is 0.654. The highest BCUT2D eigenvalue weighted by atomic mass is 16.2. The molecule has 108 valence electrons. The quantitative estimate of drug-likeness (QED) is 0.598. The third-order valence-corrected chi connectivity index (χ3v) is 3.64. The van der Waals surface area contributed by atoms with Crippen LogP contribution >= 0.6 is 0 Å². The molecule has 18 heavy (non-hydrogen) atoms. The molecule has 0 bridgehead atoms. The molecule has 4 nitrogen and oxygen atoms in total. The third kappa shape index (κ3) is 6.14. The summed E-state index contributed by atoms with van der Waals surface area (Å²) >= 11 is 0. The second kappa shape index (κ2) is 8.86. The number of hydrogen-bond donors (Lipinski definition) is 3. The zero-order valence-corrected chi connectivity index (χ0v) is 12.1. The number of hydrogen-bond acceptors (Lipinski definition) is 4. The van der Waals surface area contributed by atoms with E-state index in [1.165, 1.54) is 6.42 Å². The molecule has 2 unspecified atom stereocenters. The van der Waals surface area contributed by atoms with Crippen molar-refractivity contribution in [2.45, 2.75) is 39.2 Å². The van der Waals surface area contributed by atoms with Crippen molar-refractivity contribution in [1.82, 2.24) is 10.2 Å². The average Bonchev–Trinajstić information content (AvgIpc) is 2.34. The van der Waals surface area contributed by atoms with Crippen molar-refractivity contribution < 1.29 is 5.11 Å². The van der Waals surface area contributed by atoms with Crippen molar-refractivity contribution in [1.29, 1.82) is 0 Å². The van der Waals surface area contributed by atoms with Gasteiger partial charge in [0.05, 0.1) is 0 Å². The molecule has 0 aromatic rings. The van der Waals surface area contributed by atoms with E-state index in [1.54, 1.807) is 0 Å². The van der Waals surface area contributed by atoms with Gasteiger partial charge in [0.2, 0.25) is 0 Å². The van der Waals surface area contributed by atoms with Crippen LogP contribution in [0.25, 0.3) is 0 Å². The Morgan fingerprint density at radius 2 is 2.17 bits per heavy atom. The molecule has 1 aliphatic rings. The summed E-state index contributed by atoms with van der Waals surface area (Å²) in [5.41, 5.74) is 5.67. The molecule has 1 heterocycles. The molecule has 0 aliphatic carbocycles. The fourth-order valence-electron chi connectivity index (χ4n) is 2.81. The van der Waals surface area contributed by atoms with Crippen LogP contribution in [0.15, 0.2) is 0 Å². The SMILES string of the molecule is CC(C)CNC1CC(CCCO)CN(CCN)C1. The molecule has 0 aromatic carbocycles. The Hall–Kier alpha value is -0.160. The molecular weight excluding hydrogens is 226 g/mol. The summed E-state index contributed by atoms with van der Waals surface area (Å²) in [5, 5.41) is 12.6. The lowest BCUT2D eigenvalue weighted by Gasteiger charge is -2.38. The summed E-state index contributed by atoms with van der Waals surface area (Å²) in [4.78, 5) is 2.48. The highest BCUT2D eigenvalue weighted by Crippen LogP contribution is 2.21. The van der Waals surface area contributed by atoms with Gasteiger partial charge in [-0.1, -0.05) is 13.8 Å². The summed E-state index contributed by atoms with van der Waals surface area (Å²) < 4.78 is 0. The number of nitrogens with two attached hydrogens (primary N) is 1. The van der Waals surface area contributed by atoms with Crippen LogP contribution < -0.4 is 11.1 Å². The first-order valence-corrected chi connectivity index (χ1v) is 7.42. The molecule has 1 aliphatic heterocycles. The van der Waals surface area contributed by atoms with E-state index in [1.807, 2.05) is 0 Å². The lowest BCUT2D eigenvalue weighted by atomic mass is 9.90. The Labute approximate surface area is 112 Å². The van der Waals surface area contributed by atoms with E-state index in [0.717, 1.165) is 45.6 Å². The lowest BCUT2D eigenvalue weighted by Crippen LogP contribution is -2.51. The molecule has 1 fully saturated rings. The van der Waals surface area contributed by atoms with Gasteiger partial charge in [0.15, 0.2) is 0 Å². The van der Waals surface area contributed by atoms with Gasteiger partial charge < -0.3 is 21.1 Å². The first-order valence-electron chi connectivity index (χ1n) is 7.42. The van der Waals surface area contributed by atoms with E-state index < -0.39 is 0 Å². The molecule has 0 saturated carbocycles. The Kier molecular flexibility index (Phi) is 7.82. The fraction of sp³-hybridized carbons (Fsp3) is 1.00. The van der Waals surface area contributed by atoms with E-state index in [9.17, 15) is 0 Å². The van der Waals surface area contributed by atoms with Crippen LogP contribution in [0, 0.1) is 11.8 Å². The van der Waals surface area contributed by atoms with Crippen molar-refractivity contribution in [3.63, 3.8) is 0 Å². The van der Waals surface area contributed by atoms with E-state index in [-0.39, 0.29) is 0 Å². The van der Waals surface area contributed by atoms with Gasteiger partial charge in [0, 0.05) is 38.8 Å². The van der Waals surface area contributed by atoms with Gasteiger partial charge in [0.25, 0.3) is 0 Å². The number of likely N-dealkylation sites (tertiary alicyclic amines) is 1. The maximum Gasteiger partial charge on any atom is 0.0431 e. The number of nitrogens with zero attached hydrogens (tertiary/aromatic N) is 1. The third-order valence-electron chi connectivity index (χ3n) is 3.64. The van der Waals surface area contributed by atoms with Crippen LogP contribution in [-0.4, -0.2) is 55.4 Å². The normalized spacial score (nSPS) is 25.8. The van der Waals surface area contributed by atoms with Gasteiger partial charge in [-0.2, -0.15) is 0 Å². The van der Waals surface area contributed by atoms with Crippen molar-refractivity contribution in [2.75, 3.05) is 39.3 Å². The average molecular weight is 257 g/mol. The summed E-state index contributed by atoms with van der Waals surface area (Å²) in [6, 6.07) is 0.594. The molecule has 1 rings (SSSR count). The van der Waals surface area contributed by atoms with Crippen LogP contribution in [0.2, 0.25) is 0 Å². The van der Waals surface area contributed by atoms with Gasteiger partial charge in [-0.05, 0) is 37.6 Å². The molecule has 0 spiro atoms. The summed E-state index contributed by atoms with van der Waals surface area (Å²) in [7, 11) is 0. The van der Waals surface area contributed by atoms with Crippen LogP contribution in [-0.2, 0) is 0 Å². The molecular formula is C14H31N3O. The van der Waals surface area contributed by atoms with Gasteiger partial charge in [0.1, 0.15) is 0 Å². The minimum atomic E-state index is 0.317. The topological polar surface area (TPSA) is 61.5 Å². The molecule has 1 saturated heterocycles. The molecule has 0 radical (unpaired) electrons. The number of aliphatic hydroxyl groups excluding tert-OH is 1. The zero-order chi connectivity index (χ0) is 13.4. The molecule has 4 N–H and O–H groups in total. The smallest absolute Gasteiger partial charge is 0.0431 e. The zero-order valence-electron chi connectivity index (χ0n) is 12.1. The van der Waals surface area contributed by atoms with Gasteiger partial charge in [-0.3, -0.25) is 0 Å². The Bertz CT molecular complexity index is 211. The first-order chi connectivity index (χ1) is 8.65. The van der Waals surface area contributed by atoms with Crippen molar-refractivity contribution >= 4 is 0 Å². The minimum Gasteiger partial charge on any atom is -0.396 e. The van der Waals surface area contributed by atoms with Gasteiger partial charge >= 0.3 is 0 Å². The molecule has 2 atom stereocenters. The lowest BCUT2D eigenvalue weighted by molar-refractivity contribution is 0.131. The van der Waals surface area contributed by atoms with Crippen LogP contribution in [0.3, 0.4) is 0 Å². The highest BCUT2D eigenvalue weighted by Gasteiger charge is 2.26. The number of piperidine rings is 1. The maximum absolute atomic E-state index is 8.96. The van der Waals surface area contributed by atoms with E-state index >= 15 is 0 Å². The Morgan fingerprint density at radius 1 is 1.39 bits per heavy atom. The van der Waals surface area contributed by atoms with Crippen LogP contribution in [0.1, 0.15) is 33.1 Å². The Morgan fingerprint density at radius 3 is 2.78 bits per heavy atom. The minimum absolute atomic E-state index is 0.317. The number of aliphatic hydroxyl groups is 1. The molecule has 4 heteroatoms. The largest absolute Gasteiger partial charge is 0.396 e. The predicted molar refractivity (Wildman–Crippen MR) is 76.5 cm³/mol. The number of nitrogens with one attached hydrogen (secondary N) is 1. The fourth-order valence-corrected chi connectivity index (χ4v) is 2.81. The number of rotatable bonds is 8. The summed E-state index contributed by atoms with van der Waals surface area (Å²) in [6.45, 7) is 9.91. The highest BCUT2D eigenvalue weighted by molar-refractivity contribution is 4.83. The monoisotopic (exact) mass is 257 g/mol. The first kappa shape index (κ1) is 15.9. The van der Waals surface area contributed by atoms with Crippen LogP contribution in [0.5, 0.6) is 0 Å². The summed E-state index contributed by atoms with van der Waals surface area (Å²) in [6.07, 6.45) is 3.31. The molecule has 0 aromatic heterocycles. The van der Waals surface area contributed by atoms with E-state index in [4.69, 9.17) is 10.8 Å². The Balaban J connectivity index is 2.40. The maximum atomic E-state index is 8.96. The van der Waals surface area contributed by atoms with E-state index in [2.05, 4.69) is 24.1 Å².